The number of urea groups is 1. The smallest absolute Gasteiger partial charge is 0.318 e. The summed E-state index contributed by atoms with van der Waals surface area (Å²) < 4.78 is 7.24. The lowest BCUT2D eigenvalue weighted by Gasteiger charge is -2.35. The molecule has 24 heavy (non-hydrogen) atoms. The molecule has 2 amide bonds. The van der Waals surface area contributed by atoms with E-state index in [9.17, 15) is 4.79 Å². The molecule has 0 saturated carbocycles. The Balaban J connectivity index is 1.63. The number of carbonyl (C=O) groups is 1. The number of ether oxygens (including phenoxy) is 1. The van der Waals surface area contributed by atoms with E-state index in [0.717, 1.165) is 23.1 Å². The van der Waals surface area contributed by atoms with Gasteiger partial charge in [-0.3, -0.25) is 4.68 Å². The number of carbonyl (C=O) groups excluding carboxylic acids is 1. The first-order valence-electron chi connectivity index (χ1n) is 8.37. The highest BCUT2D eigenvalue weighted by atomic mass is 16.5. The third kappa shape index (κ3) is 3.76. The Morgan fingerprint density at radius 3 is 3.04 bits per heavy atom. The van der Waals surface area contributed by atoms with E-state index in [1.165, 1.54) is 0 Å². The number of hydrogen-bond acceptors (Lipinski definition) is 3. The summed E-state index contributed by atoms with van der Waals surface area (Å²) in [5.74, 6) is 0. The predicted molar refractivity (Wildman–Crippen MR) is 92.5 cm³/mol. The van der Waals surface area contributed by atoms with Gasteiger partial charge in [-0.2, -0.15) is 5.10 Å². The molecule has 1 fully saturated rings. The van der Waals surface area contributed by atoms with Gasteiger partial charge < -0.3 is 15.0 Å². The van der Waals surface area contributed by atoms with Gasteiger partial charge in [0.05, 0.1) is 25.5 Å². The van der Waals surface area contributed by atoms with Crippen molar-refractivity contribution in [2.75, 3.05) is 19.8 Å². The van der Waals surface area contributed by atoms with Crippen LogP contribution in [0.1, 0.15) is 18.9 Å². The molecule has 1 aromatic carbocycles. The first-order chi connectivity index (χ1) is 11.7. The SMILES string of the molecule is CC[C@H]1COCCN1C(=O)NCc1cccc(-c2cnn(C)c2)c1. The molecular weight excluding hydrogens is 304 g/mol. The first kappa shape index (κ1) is 16.5. The van der Waals surface area contributed by atoms with Gasteiger partial charge in [0.2, 0.25) is 0 Å². The Bertz CT molecular complexity index is 698. The lowest BCUT2D eigenvalue weighted by molar-refractivity contribution is 0.0112. The van der Waals surface area contributed by atoms with Crippen LogP contribution in [-0.4, -0.2) is 46.5 Å². The molecule has 0 aliphatic carbocycles. The van der Waals surface area contributed by atoms with Crippen molar-refractivity contribution in [2.24, 2.45) is 7.05 Å². The highest BCUT2D eigenvalue weighted by molar-refractivity contribution is 5.74. The molecule has 1 aliphatic rings. The van der Waals surface area contributed by atoms with Crippen LogP contribution < -0.4 is 5.32 Å². The molecule has 0 spiro atoms. The maximum atomic E-state index is 12.4. The maximum Gasteiger partial charge on any atom is 0.318 e. The second-order valence-corrected chi connectivity index (χ2v) is 6.09. The fraction of sp³-hybridized carbons (Fsp3) is 0.444. The number of hydrogen-bond donors (Lipinski definition) is 1. The Morgan fingerprint density at radius 1 is 1.42 bits per heavy atom. The lowest BCUT2D eigenvalue weighted by Crippen LogP contribution is -2.52. The fourth-order valence-electron chi connectivity index (χ4n) is 2.97. The molecule has 1 N–H and O–H groups in total. The molecule has 6 heteroatoms. The van der Waals surface area contributed by atoms with E-state index in [-0.39, 0.29) is 12.1 Å². The average Bonchev–Trinajstić information content (AvgIpc) is 3.06. The van der Waals surface area contributed by atoms with Crippen molar-refractivity contribution < 1.29 is 9.53 Å². The van der Waals surface area contributed by atoms with Crippen LogP contribution in [0, 0.1) is 0 Å². The molecule has 1 atom stereocenters. The Labute approximate surface area is 142 Å². The molecular formula is C18H24N4O2. The summed E-state index contributed by atoms with van der Waals surface area (Å²) >= 11 is 0. The minimum absolute atomic E-state index is 0.0167. The molecule has 2 aromatic rings. The highest BCUT2D eigenvalue weighted by Gasteiger charge is 2.25. The van der Waals surface area contributed by atoms with Crippen LogP contribution >= 0.6 is 0 Å². The van der Waals surface area contributed by atoms with Gasteiger partial charge in [-0.05, 0) is 23.6 Å². The van der Waals surface area contributed by atoms with Crippen molar-refractivity contribution in [3.8, 4) is 11.1 Å². The van der Waals surface area contributed by atoms with Crippen molar-refractivity contribution in [3.05, 3.63) is 42.2 Å². The minimum Gasteiger partial charge on any atom is -0.377 e. The van der Waals surface area contributed by atoms with E-state index >= 15 is 0 Å². The monoisotopic (exact) mass is 328 g/mol. The Kier molecular flexibility index (Phi) is 5.15. The highest BCUT2D eigenvalue weighted by Crippen LogP contribution is 2.19. The average molecular weight is 328 g/mol. The van der Waals surface area contributed by atoms with Crippen LogP contribution in [-0.2, 0) is 18.3 Å². The van der Waals surface area contributed by atoms with E-state index in [2.05, 4.69) is 29.5 Å². The number of morpholine rings is 1. The third-order valence-electron chi connectivity index (χ3n) is 4.37. The van der Waals surface area contributed by atoms with E-state index in [1.54, 1.807) is 4.68 Å². The van der Waals surface area contributed by atoms with Crippen LogP contribution in [0.25, 0.3) is 11.1 Å². The molecule has 0 unspecified atom stereocenters. The van der Waals surface area contributed by atoms with Crippen LogP contribution in [0.5, 0.6) is 0 Å². The zero-order valence-electron chi connectivity index (χ0n) is 14.2. The molecule has 3 rings (SSSR count). The Hall–Kier alpha value is -2.34. The van der Waals surface area contributed by atoms with Crippen molar-refractivity contribution in [1.29, 1.82) is 0 Å². The van der Waals surface area contributed by atoms with Gasteiger partial charge >= 0.3 is 6.03 Å². The maximum absolute atomic E-state index is 12.4. The number of benzene rings is 1. The second kappa shape index (κ2) is 7.49. The van der Waals surface area contributed by atoms with E-state index in [4.69, 9.17) is 4.74 Å². The number of rotatable bonds is 4. The first-order valence-corrected chi connectivity index (χ1v) is 8.37. The molecule has 1 aliphatic heterocycles. The predicted octanol–water partition coefficient (Wildman–Crippen LogP) is 2.41. The summed E-state index contributed by atoms with van der Waals surface area (Å²) in [6.07, 6.45) is 4.73. The second-order valence-electron chi connectivity index (χ2n) is 6.09. The summed E-state index contributed by atoms with van der Waals surface area (Å²) in [5, 5.41) is 7.23. The summed E-state index contributed by atoms with van der Waals surface area (Å²) in [6, 6.07) is 8.33. The topological polar surface area (TPSA) is 59.4 Å². The summed E-state index contributed by atoms with van der Waals surface area (Å²) in [7, 11) is 1.90. The largest absolute Gasteiger partial charge is 0.377 e. The number of aromatic nitrogens is 2. The number of amides is 2. The van der Waals surface area contributed by atoms with E-state index in [1.807, 2.05) is 36.5 Å². The van der Waals surface area contributed by atoms with Crippen molar-refractivity contribution >= 4 is 6.03 Å². The normalized spacial score (nSPS) is 17.8. The van der Waals surface area contributed by atoms with Crippen LogP contribution in [0.15, 0.2) is 36.7 Å². The number of nitrogens with zero attached hydrogens (tertiary/aromatic N) is 3. The Morgan fingerprint density at radius 2 is 2.29 bits per heavy atom. The molecule has 6 nitrogen and oxygen atoms in total. The van der Waals surface area contributed by atoms with Gasteiger partial charge in [0.1, 0.15) is 0 Å². The minimum atomic E-state index is -0.0167. The molecule has 2 heterocycles. The van der Waals surface area contributed by atoms with Crippen LogP contribution in [0.3, 0.4) is 0 Å². The van der Waals surface area contributed by atoms with Crippen molar-refractivity contribution in [2.45, 2.75) is 25.9 Å². The fourth-order valence-corrected chi connectivity index (χ4v) is 2.97. The van der Waals surface area contributed by atoms with Gasteiger partial charge in [0, 0.05) is 31.9 Å². The zero-order chi connectivity index (χ0) is 16.9. The van der Waals surface area contributed by atoms with Crippen LogP contribution in [0.2, 0.25) is 0 Å². The van der Waals surface area contributed by atoms with Gasteiger partial charge in [0.25, 0.3) is 0 Å². The van der Waals surface area contributed by atoms with E-state index < -0.39 is 0 Å². The molecule has 0 radical (unpaired) electrons. The quantitative estimate of drug-likeness (QED) is 0.937. The number of nitrogens with one attached hydrogen (secondary N) is 1. The molecule has 0 bridgehead atoms. The van der Waals surface area contributed by atoms with Gasteiger partial charge in [-0.15, -0.1) is 0 Å². The van der Waals surface area contributed by atoms with Crippen LogP contribution in [0.4, 0.5) is 4.79 Å². The zero-order valence-corrected chi connectivity index (χ0v) is 14.2. The molecule has 128 valence electrons. The summed E-state index contributed by atoms with van der Waals surface area (Å²) in [4.78, 5) is 14.3. The molecule has 1 saturated heterocycles. The summed E-state index contributed by atoms with van der Waals surface area (Å²) in [5.41, 5.74) is 3.25. The number of aryl methyl sites for hydroxylation is 1. The van der Waals surface area contributed by atoms with Gasteiger partial charge in [0.15, 0.2) is 0 Å². The van der Waals surface area contributed by atoms with E-state index in [0.29, 0.717) is 26.3 Å². The van der Waals surface area contributed by atoms with Crippen molar-refractivity contribution in [1.82, 2.24) is 20.0 Å². The van der Waals surface area contributed by atoms with Gasteiger partial charge in [-0.1, -0.05) is 25.1 Å². The van der Waals surface area contributed by atoms with Crippen molar-refractivity contribution in [3.63, 3.8) is 0 Å². The molecule has 1 aromatic heterocycles. The summed E-state index contributed by atoms with van der Waals surface area (Å²) in [6.45, 7) is 4.48. The van der Waals surface area contributed by atoms with Gasteiger partial charge in [-0.25, -0.2) is 4.79 Å². The lowest BCUT2D eigenvalue weighted by atomic mass is 10.1. The standard InChI is InChI=1S/C18H24N4O2/c1-3-17-13-24-8-7-22(17)18(23)19-10-14-5-4-6-15(9-14)16-11-20-21(2)12-16/h4-6,9,11-12,17H,3,7-8,10,13H2,1-2H3,(H,19,23)/t17-/m0/s1. The third-order valence-corrected chi connectivity index (χ3v) is 4.37.